The Kier molecular flexibility index (Phi) is 4.76. The summed E-state index contributed by atoms with van der Waals surface area (Å²) in [6.07, 6.45) is 1.83. The van der Waals surface area contributed by atoms with Crippen molar-refractivity contribution in [2.45, 2.75) is 0 Å². The van der Waals surface area contributed by atoms with Crippen LogP contribution in [0.5, 0.6) is 0 Å². The van der Waals surface area contributed by atoms with Crippen molar-refractivity contribution in [3.8, 4) is 0 Å². The number of nitrogens with zero attached hydrogens (tertiary/aromatic N) is 3. The van der Waals surface area contributed by atoms with Crippen molar-refractivity contribution in [3.63, 3.8) is 0 Å². The molecule has 0 radical (unpaired) electrons. The zero-order chi connectivity index (χ0) is 12.1. The lowest BCUT2D eigenvalue weighted by atomic mass is 10.3. The Hall–Kier alpha value is -0.650. The molecule has 1 aliphatic rings. The normalized spacial score (nSPS) is 17.1. The van der Waals surface area contributed by atoms with Crippen LogP contribution in [0.2, 0.25) is 0 Å². The number of nitrogens with one attached hydrogen (secondary N) is 1. The van der Waals surface area contributed by atoms with Crippen LogP contribution in [-0.4, -0.2) is 56.2 Å². The maximum Gasteiger partial charge on any atom is 0.142 e. The van der Waals surface area contributed by atoms with E-state index in [1.807, 2.05) is 18.3 Å². The van der Waals surface area contributed by atoms with Gasteiger partial charge < -0.3 is 10.2 Å². The monoisotopic (exact) mass is 298 g/mol. The van der Waals surface area contributed by atoms with E-state index in [2.05, 4.69) is 43.1 Å². The fourth-order valence-electron chi connectivity index (χ4n) is 1.99. The van der Waals surface area contributed by atoms with Gasteiger partial charge in [0.25, 0.3) is 0 Å². The molecular weight excluding hydrogens is 280 g/mol. The van der Waals surface area contributed by atoms with E-state index in [4.69, 9.17) is 0 Å². The predicted octanol–water partition coefficient (Wildman–Crippen LogP) is 1.19. The summed E-state index contributed by atoms with van der Waals surface area (Å²) in [5.74, 6) is 1.02. The maximum atomic E-state index is 4.39. The Morgan fingerprint density at radius 3 is 2.94 bits per heavy atom. The average Bonchev–Trinajstić information content (AvgIpc) is 2.38. The van der Waals surface area contributed by atoms with Crippen LogP contribution >= 0.6 is 15.9 Å². The smallest absolute Gasteiger partial charge is 0.142 e. The van der Waals surface area contributed by atoms with E-state index in [1.165, 1.54) is 0 Å². The van der Waals surface area contributed by atoms with E-state index in [1.54, 1.807) is 0 Å². The molecule has 0 spiro atoms. The summed E-state index contributed by atoms with van der Waals surface area (Å²) in [7, 11) is 2.09. The molecule has 1 saturated heterocycles. The Bertz CT molecular complexity index is 352. The Morgan fingerprint density at radius 1 is 1.47 bits per heavy atom. The summed E-state index contributed by atoms with van der Waals surface area (Å²) >= 11 is 3.54. The molecule has 0 aliphatic carbocycles. The van der Waals surface area contributed by atoms with E-state index in [-0.39, 0.29) is 0 Å². The summed E-state index contributed by atoms with van der Waals surface area (Å²) in [5, 5.41) is 3.37. The molecule has 17 heavy (non-hydrogen) atoms. The molecule has 1 aliphatic heterocycles. The SMILES string of the molecule is CN(CCN1CCNCC1)c1ncccc1Br. The van der Waals surface area contributed by atoms with E-state index in [0.29, 0.717) is 0 Å². The van der Waals surface area contributed by atoms with Crippen molar-refractivity contribution in [1.29, 1.82) is 0 Å². The van der Waals surface area contributed by atoms with E-state index < -0.39 is 0 Å². The fraction of sp³-hybridized carbons (Fsp3) is 0.583. The quantitative estimate of drug-likeness (QED) is 0.905. The maximum absolute atomic E-state index is 4.39. The minimum Gasteiger partial charge on any atom is -0.357 e. The Morgan fingerprint density at radius 2 is 2.24 bits per heavy atom. The average molecular weight is 299 g/mol. The molecule has 1 aromatic heterocycles. The van der Waals surface area contributed by atoms with Gasteiger partial charge in [-0.15, -0.1) is 0 Å². The minimum absolute atomic E-state index is 1.01. The van der Waals surface area contributed by atoms with Gasteiger partial charge in [-0.25, -0.2) is 4.98 Å². The highest BCUT2D eigenvalue weighted by molar-refractivity contribution is 9.10. The molecule has 0 bridgehead atoms. The largest absolute Gasteiger partial charge is 0.357 e. The first-order valence-corrected chi connectivity index (χ1v) is 6.81. The lowest BCUT2D eigenvalue weighted by Crippen LogP contribution is -2.46. The lowest BCUT2D eigenvalue weighted by molar-refractivity contribution is 0.246. The number of likely N-dealkylation sites (N-methyl/N-ethyl adjacent to an activating group) is 1. The number of hydrogen-bond acceptors (Lipinski definition) is 4. The van der Waals surface area contributed by atoms with Gasteiger partial charge in [-0.05, 0) is 28.1 Å². The highest BCUT2D eigenvalue weighted by Crippen LogP contribution is 2.21. The van der Waals surface area contributed by atoms with Crippen molar-refractivity contribution in [2.24, 2.45) is 0 Å². The number of rotatable bonds is 4. The van der Waals surface area contributed by atoms with Crippen LogP contribution in [0.15, 0.2) is 22.8 Å². The highest BCUT2D eigenvalue weighted by atomic mass is 79.9. The van der Waals surface area contributed by atoms with Crippen LogP contribution in [0.25, 0.3) is 0 Å². The lowest BCUT2D eigenvalue weighted by Gasteiger charge is -2.29. The third-order valence-corrected chi connectivity index (χ3v) is 3.68. The van der Waals surface area contributed by atoms with E-state index >= 15 is 0 Å². The minimum atomic E-state index is 1.01. The van der Waals surface area contributed by atoms with Crippen molar-refractivity contribution in [2.75, 3.05) is 51.2 Å². The van der Waals surface area contributed by atoms with Gasteiger partial charge in [0.1, 0.15) is 5.82 Å². The summed E-state index contributed by atoms with van der Waals surface area (Å²) in [6, 6.07) is 3.97. The van der Waals surface area contributed by atoms with Gasteiger partial charge in [-0.2, -0.15) is 0 Å². The van der Waals surface area contributed by atoms with Crippen LogP contribution in [0, 0.1) is 0 Å². The van der Waals surface area contributed by atoms with Gasteiger partial charge >= 0.3 is 0 Å². The molecule has 0 unspecified atom stereocenters. The van der Waals surface area contributed by atoms with Crippen LogP contribution in [0.1, 0.15) is 0 Å². The van der Waals surface area contributed by atoms with Crippen molar-refractivity contribution in [1.82, 2.24) is 15.2 Å². The Balaban J connectivity index is 1.84. The predicted molar refractivity (Wildman–Crippen MR) is 74.5 cm³/mol. The molecule has 0 atom stereocenters. The van der Waals surface area contributed by atoms with Crippen molar-refractivity contribution >= 4 is 21.7 Å². The van der Waals surface area contributed by atoms with E-state index in [0.717, 1.165) is 49.6 Å². The van der Waals surface area contributed by atoms with Crippen LogP contribution in [0.3, 0.4) is 0 Å². The van der Waals surface area contributed by atoms with Gasteiger partial charge in [0.05, 0.1) is 4.47 Å². The van der Waals surface area contributed by atoms with Gasteiger partial charge in [-0.1, -0.05) is 0 Å². The summed E-state index contributed by atoms with van der Waals surface area (Å²) in [6.45, 7) is 6.62. The van der Waals surface area contributed by atoms with Crippen molar-refractivity contribution < 1.29 is 0 Å². The summed E-state index contributed by atoms with van der Waals surface area (Å²) in [4.78, 5) is 9.08. The first kappa shape index (κ1) is 12.8. The second-order valence-corrected chi connectivity index (χ2v) is 5.18. The third kappa shape index (κ3) is 3.66. The molecule has 1 N–H and O–H groups in total. The zero-order valence-electron chi connectivity index (χ0n) is 10.2. The molecule has 1 aromatic rings. The van der Waals surface area contributed by atoms with E-state index in [9.17, 15) is 0 Å². The summed E-state index contributed by atoms with van der Waals surface area (Å²) < 4.78 is 1.06. The number of piperazine rings is 1. The molecule has 0 saturated carbocycles. The fourth-order valence-corrected chi connectivity index (χ4v) is 2.55. The van der Waals surface area contributed by atoms with Gasteiger partial charge in [0, 0.05) is 52.5 Å². The summed E-state index contributed by atoms with van der Waals surface area (Å²) in [5.41, 5.74) is 0. The Labute approximate surface area is 111 Å². The van der Waals surface area contributed by atoms with Crippen LogP contribution in [0.4, 0.5) is 5.82 Å². The number of pyridine rings is 1. The highest BCUT2D eigenvalue weighted by Gasteiger charge is 2.11. The number of aromatic nitrogens is 1. The molecule has 2 rings (SSSR count). The zero-order valence-corrected chi connectivity index (χ0v) is 11.8. The van der Waals surface area contributed by atoms with Gasteiger partial charge in [0.15, 0.2) is 0 Å². The molecule has 0 aromatic carbocycles. The topological polar surface area (TPSA) is 31.4 Å². The third-order valence-electron chi connectivity index (χ3n) is 3.06. The second kappa shape index (κ2) is 6.33. The number of hydrogen-bond donors (Lipinski definition) is 1. The molecule has 1 fully saturated rings. The molecular formula is C12H19BrN4. The van der Waals surface area contributed by atoms with Crippen molar-refractivity contribution in [3.05, 3.63) is 22.8 Å². The van der Waals surface area contributed by atoms with Crippen LogP contribution in [-0.2, 0) is 0 Å². The molecule has 4 nitrogen and oxygen atoms in total. The molecule has 0 amide bonds. The standard InChI is InChI=1S/C12H19BrN4/c1-16(12-11(13)3-2-4-15-12)9-10-17-7-5-14-6-8-17/h2-4,14H,5-10H2,1H3. The van der Waals surface area contributed by atoms with Gasteiger partial charge in [0.2, 0.25) is 0 Å². The second-order valence-electron chi connectivity index (χ2n) is 4.32. The molecule has 2 heterocycles. The molecule has 5 heteroatoms. The number of halogens is 1. The van der Waals surface area contributed by atoms with Gasteiger partial charge in [-0.3, -0.25) is 4.90 Å². The van der Waals surface area contributed by atoms with Crippen LogP contribution < -0.4 is 10.2 Å². The number of anilines is 1. The first-order chi connectivity index (χ1) is 8.27. The molecule has 94 valence electrons. The first-order valence-electron chi connectivity index (χ1n) is 6.02.